The number of H-pyrrole nitrogens is 1. The molecule has 0 aliphatic carbocycles. The molecule has 3 heterocycles. The largest absolute Gasteiger partial charge is 0.332 e. The molecule has 5 heteroatoms. The summed E-state index contributed by atoms with van der Waals surface area (Å²) in [6.07, 6.45) is 8.04. The number of pyridine rings is 1. The average Bonchev–Trinajstić information content (AvgIpc) is 2.96. The van der Waals surface area contributed by atoms with Gasteiger partial charge in [-0.2, -0.15) is 5.10 Å². The van der Waals surface area contributed by atoms with Crippen LogP contribution in [0.15, 0.2) is 37.2 Å². The van der Waals surface area contributed by atoms with Gasteiger partial charge in [-0.3, -0.25) is 14.9 Å². The molecule has 1 fully saturated rings. The zero-order valence-electron chi connectivity index (χ0n) is 12.7. The van der Waals surface area contributed by atoms with Crippen LogP contribution in [0.1, 0.15) is 36.6 Å². The first-order valence-corrected chi connectivity index (χ1v) is 7.60. The molecular weight excluding hydrogens is 276 g/mol. The number of aromatic nitrogens is 3. The van der Waals surface area contributed by atoms with Crippen molar-refractivity contribution in [3.63, 3.8) is 0 Å². The first kappa shape index (κ1) is 14.5. The molecule has 5 nitrogen and oxygen atoms in total. The first-order valence-electron chi connectivity index (χ1n) is 7.60. The molecule has 0 saturated carbocycles. The van der Waals surface area contributed by atoms with E-state index < -0.39 is 0 Å². The van der Waals surface area contributed by atoms with Crippen molar-refractivity contribution in [2.24, 2.45) is 0 Å². The molecule has 0 bridgehead atoms. The highest BCUT2D eigenvalue weighted by molar-refractivity contribution is 5.87. The molecule has 1 aliphatic heterocycles. The Kier molecular flexibility index (Phi) is 4.04. The monoisotopic (exact) mass is 296 g/mol. The average molecular weight is 296 g/mol. The predicted octanol–water partition coefficient (Wildman–Crippen LogP) is 3.02. The Bertz CT molecular complexity index is 677. The second kappa shape index (κ2) is 6.13. The molecular formula is C17H20N4O. The normalized spacial score (nSPS) is 18.2. The fourth-order valence-electron chi connectivity index (χ4n) is 3.19. The minimum atomic E-state index is -0.00835. The van der Waals surface area contributed by atoms with E-state index in [1.54, 1.807) is 12.4 Å². The Labute approximate surface area is 130 Å². The van der Waals surface area contributed by atoms with E-state index >= 15 is 0 Å². The molecule has 1 aliphatic rings. The number of carbonyl (C=O) groups is 1. The quantitative estimate of drug-likeness (QED) is 0.886. The molecule has 1 saturated heterocycles. The van der Waals surface area contributed by atoms with Crippen LogP contribution in [0, 0.1) is 6.92 Å². The van der Waals surface area contributed by atoms with E-state index in [0.29, 0.717) is 0 Å². The predicted molar refractivity (Wildman–Crippen MR) is 85.1 cm³/mol. The lowest BCUT2D eigenvalue weighted by molar-refractivity contribution is -0.129. The van der Waals surface area contributed by atoms with Crippen LogP contribution in [-0.4, -0.2) is 32.5 Å². The number of rotatable bonds is 3. The molecule has 1 unspecified atom stereocenters. The smallest absolute Gasteiger partial charge is 0.246 e. The zero-order valence-corrected chi connectivity index (χ0v) is 12.7. The molecule has 1 atom stereocenters. The molecule has 2 aromatic heterocycles. The van der Waals surface area contributed by atoms with Crippen molar-refractivity contribution in [2.75, 3.05) is 6.54 Å². The minimum Gasteiger partial charge on any atom is -0.332 e. The van der Waals surface area contributed by atoms with Gasteiger partial charge in [0.15, 0.2) is 0 Å². The summed E-state index contributed by atoms with van der Waals surface area (Å²) in [6, 6.07) is 3.95. The molecule has 1 amide bonds. The molecule has 22 heavy (non-hydrogen) atoms. The van der Waals surface area contributed by atoms with Crippen molar-refractivity contribution >= 4 is 5.91 Å². The van der Waals surface area contributed by atoms with Crippen LogP contribution in [-0.2, 0) is 4.79 Å². The third-order valence-corrected chi connectivity index (χ3v) is 4.24. The highest BCUT2D eigenvalue weighted by Crippen LogP contribution is 2.37. The van der Waals surface area contributed by atoms with Crippen molar-refractivity contribution in [1.82, 2.24) is 20.1 Å². The van der Waals surface area contributed by atoms with E-state index in [1.807, 2.05) is 24.0 Å². The number of nitrogens with zero attached hydrogens (tertiary/aromatic N) is 3. The van der Waals surface area contributed by atoms with E-state index in [4.69, 9.17) is 0 Å². The summed E-state index contributed by atoms with van der Waals surface area (Å²) in [5.41, 5.74) is 4.06. The highest BCUT2D eigenvalue weighted by Gasteiger charge is 2.31. The van der Waals surface area contributed by atoms with Gasteiger partial charge < -0.3 is 4.90 Å². The fraction of sp³-hybridized carbons (Fsp3) is 0.353. The van der Waals surface area contributed by atoms with Crippen molar-refractivity contribution in [1.29, 1.82) is 0 Å². The van der Waals surface area contributed by atoms with Crippen molar-refractivity contribution in [3.8, 4) is 11.3 Å². The highest BCUT2D eigenvalue weighted by atomic mass is 16.2. The molecule has 114 valence electrons. The van der Waals surface area contributed by atoms with E-state index in [9.17, 15) is 4.79 Å². The van der Waals surface area contributed by atoms with Crippen molar-refractivity contribution in [3.05, 3.63) is 48.4 Å². The van der Waals surface area contributed by atoms with Crippen LogP contribution in [0.25, 0.3) is 11.3 Å². The molecule has 1 N–H and O–H groups in total. The maximum Gasteiger partial charge on any atom is 0.246 e. The molecule has 0 spiro atoms. The number of hydrogen-bond acceptors (Lipinski definition) is 3. The van der Waals surface area contributed by atoms with Crippen molar-refractivity contribution < 1.29 is 4.79 Å². The zero-order chi connectivity index (χ0) is 15.5. The summed E-state index contributed by atoms with van der Waals surface area (Å²) in [5.74, 6) is -0.00835. The van der Waals surface area contributed by atoms with E-state index in [1.165, 1.54) is 6.08 Å². The number of amides is 1. The van der Waals surface area contributed by atoms with E-state index in [2.05, 4.69) is 21.8 Å². The van der Waals surface area contributed by atoms with Gasteiger partial charge in [-0.05, 0) is 44.4 Å². The van der Waals surface area contributed by atoms with Crippen molar-refractivity contribution in [2.45, 2.75) is 32.2 Å². The van der Waals surface area contributed by atoms with Gasteiger partial charge in [0.2, 0.25) is 5.91 Å². The van der Waals surface area contributed by atoms with Gasteiger partial charge >= 0.3 is 0 Å². The number of carbonyl (C=O) groups excluding carboxylic acids is 1. The molecule has 3 rings (SSSR count). The lowest BCUT2D eigenvalue weighted by Gasteiger charge is -2.35. The van der Waals surface area contributed by atoms with Crippen LogP contribution in [0.5, 0.6) is 0 Å². The van der Waals surface area contributed by atoms with Gasteiger partial charge in [0, 0.05) is 35.8 Å². The standard InChI is InChI=1S/C17H20N4O/c1-3-15(22)21-11-5-4-6-14(21)16-12(2)19-20-17(16)13-7-9-18-10-8-13/h3,7-10,14H,1,4-6,11H2,2H3,(H,19,20). The van der Waals surface area contributed by atoms with Crippen LogP contribution in [0.3, 0.4) is 0 Å². The Morgan fingerprint density at radius 2 is 2.18 bits per heavy atom. The molecule has 0 radical (unpaired) electrons. The minimum absolute atomic E-state index is 0.00835. The summed E-state index contributed by atoms with van der Waals surface area (Å²) in [6.45, 7) is 6.42. The molecule has 2 aromatic rings. The number of nitrogens with one attached hydrogen (secondary N) is 1. The van der Waals surface area contributed by atoms with Crippen LogP contribution in [0.4, 0.5) is 0 Å². The SMILES string of the molecule is C=CC(=O)N1CCCCC1c1c(-c2ccncc2)n[nH]c1C. The van der Waals surface area contributed by atoms with E-state index in [0.717, 1.165) is 48.3 Å². The van der Waals surface area contributed by atoms with Crippen LogP contribution < -0.4 is 0 Å². The summed E-state index contributed by atoms with van der Waals surface area (Å²) < 4.78 is 0. The second-order valence-corrected chi connectivity index (χ2v) is 5.59. The third-order valence-electron chi connectivity index (χ3n) is 4.24. The van der Waals surface area contributed by atoms with Gasteiger partial charge in [0.25, 0.3) is 0 Å². The summed E-state index contributed by atoms with van der Waals surface area (Å²) in [7, 11) is 0. The fourth-order valence-corrected chi connectivity index (χ4v) is 3.19. The van der Waals surface area contributed by atoms with Gasteiger partial charge in [-0.1, -0.05) is 6.58 Å². The Morgan fingerprint density at radius 3 is 2.91 bits per heavy atom. The topological polar surface area (TPSA) is 61.9 Å². The number of likely N-dealkylation sites (tertiary alicyclic amines) is 1. The van der Waals surface area contributed by atoms with Crippen LogP contribution >= 0.6 is 0 Å². The van der Waals surface area contributed by atoms with E-state index in [-0.39, 0.29) is 11.9 Å². The molecule has 0 aromatic carbocycles. The number of piperidine rings is 1. The van der Waals surface area contributed by atoms with Gasteiger partial charge in [-0.15, -0.1) is 0 Å². The summed E-state index contributed by atoms with van der Waals surface area (Å²) >= 11 is 0. The Morgan fingerprint density at radius 1 is 1.41 bits per heavy atom. The maximum absolute atomic E-state index is 12.2. The number of aromatic amines is 1. The third kappa shape index (κ3) is 2.54. The first-order chi connectivity index (χ1) is 10.7. The van der Waals surface area contributed by atoms with Gasteiger partial charge in [-0.25, -0.2) is 0 Å². The lowest BCUT2D eigenvalue weighted by atomic mass is 9.92. The summed E-state index contributed by atoms with van der Waals surface area (Å²) in [5, 5.41) is 7.54. The second-order valence-electron chi connectivity index (χ2n) is 5.59. The maximum atomic E-state index is 12.2. The summed E-state index contributed by atoms with van der Waals surface area (Å²) in [4.78, 5) is 18.2. The number of aryl methyl sites for hydroxylation is 1. The number of hydrogen-bond donors (Lipinski definition) is 1. The van der Waals surface area contributed by atoms with Crippen LogP contribution in [0.2, 0.25) is 0 Å². The van der Waals surface area contributed by atoms with Gasteiger partial charge in [0.1, 0.15) is 0 Å². The Hall–Kier alpha value is -2.43. The lowest BCUT2D eigenvalue weighted by Crippen LogP contribution is -2.37. The van der Waals surface area contributed by atoms with Gasteiger partial charge in [0.05, 0.1) is 11.7 Å². The Balaban J connectivity index is 2.05.